The first-order chi connectivity index (χ1) is 9.85. The van der Waals surface area contributed by atoms with E-state index in [9.17, 15) is 4.79 Å². The molecule has 0 spiro atoms. The van der Waals surface area contributed by atoms with Crippen LogP contribution in [0.1, 0.15) is 40.0 Å². The molecule has 2 rings (SSSR count). The van der Waals surface area contributed by atoms with Gasteiger partial charge in [-0.1, -0.05) is 12.8 Å². The monoisotopic (exact) mass is 296 g/mol. The minimum absolute atomic E-state index is 0.244. The van der Waals surface area contributed by atoms with Crippen LogP contribution in [0.3, 0.4) is 0 Å². The van der Waals surface area contributed by atoms with E-state index in [1.165, 1.54) is 12.8 Å². The highest BCUT2D eigenvalue weighted by Crippen LogP contribution is 2.32. The van der Waals surface area contributed by atoms with Crippen LogP contribution < -0.4 is 5.73 Å². The van der Waals surface area contributed by atoms with Crippen molar-refractivity contribution >= 4 is 12.1 Å². The average molecular weight is 296 g/mol. The van der Waals surface area contributed by atoms with E-state index in [0.717, 1.165) is 32.0 Å². The van der Waals surface area contributed by atoms with E-state index in [0.29, 0.717) is 19.0 Å². The van der Waals surface area contributed by atoms with Gasteiger partial charge >= 0.3 is 6.09 Å². The molecule has 1 aliphatic heterocycles. The molecular formula is C15H28N4O2. The smallest absolute Gasteiger partial charge is 0.410 e. The third kappa shape index (κ3) is 5.44. The number of hydrogen-bond acceptors (Lipinski definition) is 3. The Kier molecular flexibility index (Phi) is 4.96. The minimum Gasteiger partial charge on any atom is -0.444 e. The van der Waals surface area contributed by atoms with Crippen molar-refractivity contribution in [1.29, 1.82) is 0 Å². The molecule has 120 valence electrons. The molecule has 0 aromatic carbocycles. The summed E-state index contributed by atoms with van der Waals surface area (Å²) in [4.78, 5) is 20.2. The van der Waals surface area contributed by atoms with Crippen molar-refractivity contribution in [2.24, 2.45) is 16.6 Å². The van der Waals surface area contributed by atoms with Crippen LogP contribution in [0.2, 0.25) is 0 Å². The fourth-order valence-corrected chi connectivity index (χ4v) is 2.31. The first-order valence-corrected chi connectivity index (χ1v) is 7.88. The standard InChI is InChI=1S/C15H28N4O2/c1-15(2,3)21-14(20)19-10-8-18(9-11-19)13(16)17-7-6-12-4-5-12/h12H,4-11H2,1-3H3,(H2,16,17). The molecule has 21 heavy (non-hydrogen) atoms. The van der Waals surface area contributed by atoms with Gasteiger partial charge in [-0.3, -0.25) is 4.99 Å². The third-order valence-electron chi connectivity index (χ3n) is 3.76. The Morgan fingerprint density at radius 1 is 1.19 bits per heavy atom. The molecule has 6 heteroatoms. The minimum atomic E-state index is -0.447. The summed E-state index contributed by atoms with van der Waals surface area (Å²) >= 11 is 0. The van der Waals surface area contributed by atoms with E-state index in [1.807, 2.05) is 25.7 Å². The molecular weight excluding hydrogens is 268 g/mol. The molecule has 0 atom stereocenters. The summed E-state index contributed by atoms with van der Waals surface area (Å²) < 4.78 is 5.38. The number of nitrogens with zero attached hydrogens (tertiary/aromatic N) is 3. The fourth-order valence-electron chi connectivity index (χ4n) is 2.31. The number of amides is 1. The Hall–Kier alpha value is -1.46. The maximum absolute atomic E-state index is 12.0. The lowest BCUT2D eigenvalue weighted by atomic mass is 10.2. The van der Waals surface area contributed by atoms with Gasteiger partial charge in [0.2, 0.25) is 0 Å². The number of carbonyl (C=O) groups excluding carboxylic acids is 1. The van der Waals surface area contributed by atoms with Crippen LogP contribution in [0.5, 0.6) is 0 Å². The van der Waals surface area contributed by atoms with Crippen molar-refractivity contribution < 1.29 is 9.53 Å². The van der Waals surface area contributed by atoms with E-state index < -0.39 is 5.60 Å². The Labute approximate surface area is 127 Å². The molecule has 0 radical (unpaired) electrons. The number of hydrogen-bond donors (Lipinski definition) is 1. The number of carbonyl (C=O) groups is 1. The molecule has 1 saturated heterocycles. The molecule has 1 heterocycles. The van der Waals surface area contributed by atoms with Gasteiger partial charge in [0.25, 0.3) is 0 Å². The summed E-state index contributed by atoms with van der Waals surface area (Å²) in [5.74, 6) is 1.49. The molecule has 6 nitrogen and oxygen atoms in total. The predicted octanol–water partition coefficient (Wildman–Crippen LogP) is 1.65. The van der Waals surface area contributed by atoms with Gasteiger partial charge in [0.05, 0.1) is 0 Å². The lowest BCUT2D eigenvalue weighted by Gasteiger charge is -2.36. The predicted molar refractivity (Wildman–Crippen MR) is 83.2 cm³/mol. The van der Waals surface area contributed by atoms with E-state index in [-0.39, 0.29) is 6.09 Å². The number of nitrogens with two attached hydrogens (primary N) is 1. The molecule has 2 N–H and O–H groups in total. The van der Waals surface area contributed by atoms with Gasteiger partial charge in [0.1, 0.15) is 5.60 Å². The van der Waals surface area contributed by atoms with E-state index in [1.54, 1.807) is 4.90 Å². The Morgan fingerprint density at radius 3 is 2.29 bits per heavy atom. The molecule has 1 amide bonds. The van der Waals surface area contributed by atoms with Gasteiger partial charge in [-0.05, 0) is 33.1 Å². The second-order valence-corrected chi connectivity index (χ2v) is 6.93. The molecule has 0 aromatic rings. The first-order valence-electron chi connectivity index (χ1n) is 7.88. The van der Waals surface area contributed by atoms with Crippen molar-refractivity contribution in [2.75, 3.05) is 32.7 Å². The second-order valence-electron chi connectivity index (χ2n) is 6.93. The first kappa shape index (κ1) is 15.9. The SMILES string of the molecule is CC(C)(C)OC(=O)N1CCN(C(N)=NCCC2CC2)CC1. The third-order valence-corrected chi connectivity index (χ3v) is 3.76. The average Bonchev–Trinajstić information content (AvgIpc) is 3.21. The Morgan fingerprint density at radius 2 is 1.76 bits per heavy atom. The van der Waals surface area contributed by atoms with Gasteiger partial charge in [-0.2, -0.15) is 0 Å². The Bertz CT molecular complexity index is 391. The van der Waals surface area contributed by atoms with E-state index >= 15 is 0 Å². The zero-order valence-corrected chi connectivity index (χ0v) is 13.5. The maximum atomic E-state index is 12.0. The largest absolute Gasteiger partial charge is 0.444 e. The summed E-state index contributed by atoms with van der Waals surface area (Å²) in [6.07, 6.45) is 3.61. The van der Waals surface area contributed by atoms with Crippen LogP contribution in [0, 0.1) is 5.92 Å². The summed E-state index contributed by atoms with van der Waals surface area (Å²) in [6, 6.07) is 0. The highest BCUT2D eigenvalue weighted by atomic mass is 16.6. The van der Waals surface area contributed by atoms with Crippen molar-refractivity contribution in [3.05, 3.63) is 0 Å². The van der Waals surface area contributed by atoms with Crippen LogP contribution in [-0.4, -0.2) is 60.2 Å². The maximum Gasteiger partial charge on any atom is 0.410 e. The van der Waals surface area contributed by atoms with E-state index in [2.05, 4.69) is 4.99 Å². The number of rotatable bonds is 3. The number of ether oxygens (including phenoxy) is 1. The van der Waals surface area contributed by atoms with Crippen LogP contribution in [0.4, 0.5) is 4.79 Å². The molecule has 1 aliphatic carbocycles. The van der Waals surface area contributed by atoms with Gasteiger partial charge in [0, 0.05) is 32.7 Å². The van der Waals surface area contributed by atoms with Gasteiger partial charge < -0.3 is 20.3 Å². The van der Waals surface area contributed by atoms with Gasteiger partial charge in [-0.15, -0.1) is 0 Å². The summed E-state index contributed by atoms with van der Waals surface area (Å²) in [6.45, 7) is 9.17. The molecule has 0 unspecified atom stereocenters. The summed E-state index contributed by atoms with van der Waals surface area (Å²) in [5, 5.41) is 0. The van der Waals surface area contributed by atoms with E-state index in [4.69, 9.17) is 10.5 Å². The second kappa shape index (κ2) is 6.54. The lowest BCUT2D eigenvalue weighted by Crippen LogP contribution is -2.53. The highest BCUT2D eigenvalue weighted by Gasteiger charge is 2.26. The zero-order valence-electron chi connectivity index (χ0n) is 13.5. The summed E-state index contributed by atoms with van der Waals surface area (Å²) in [5.41, 5.74) is 5.57. The van der Waals surface area contributed by atoms with Crippen LogP contribution in [0.15, 0.2) is 4.99 Å². The molecule has 0 aromatic heterocycles. The normalized spacial score (nSPS) is 20.6. The highest BCUT2D eigenvalue weighted by molar-refractivity contribution is 5.78. The molecule has 1 saturated carbocycles. The number of aliphatic imine (C=N–C) groups is 1. The van der Waals surface area contributed by atoms with Crippen LogP contribution in [-0.2, 0) is 4.74 Å². The number of guanidine groups is 1. The van der Waals surface area contributed by atoms with Crippen molar-refractivity contribution in [2.45, 2.75) is 45.6 Å². The fraction of sp³-hybridized carbons (Fsp3) is 0.867. The van der Waals surface area contributed by atoms with Crippen LogP contribution >= 0.6 is 0 Å². The Balaban J connectivity index is 1.72. The van der Waals surface area contributed by atoms with Gasteiger partial charge in [0.15, 0.2) is 5.96 Å². The lowest BCUT2D eigenvalue weighted by molar-refractivity contribution is 0.0186. The molecule has 0 bridgehead atoms. The molecule has 2 fully saturated rings. The van der Waals surface area contributed by atoms with Gasteiger partial charge in [-0.25, -0.2) is 4.79 Å². The molecule has 2 aliphatic rings. The quantitative estimate of drug-likeness (QED) is 0.635. The van der Waals surface area contributed by atoms with Crippen LogP contribution in [0.25, 0.3) is 0 Å². The zero-order chi connectivity index (χ0) is 15.5. The van der Waals surface area contributed by atoms with Crippen molar-refractivity contribution in [3.63, 3.8) is 0 Å². The number of piperazine rings is 1. The van der Waals surface area contributed by atoms with Crippen molar-refractivity contribution in [1.82, 2.24) is 9.80 Å². The topological polar surface area (TPSA) is 71.2 Å². The van der Waals surface area contributed by atoms with Crippen molar-refractivity contribution in [3.8, 4) is 0 Å². The summed E-state index contributed by atoms with van der Waals surface area (Å²) in [7, 11) is 0.